The number of hydrogen-bond donors (Lipinski definition) is 3. The third-order valence-corrected chi connectivity index (χ3v) is 6.04. The summed E-state index contributed by atoms with van der Waals surface area (Å²) in [5, 5.41) is 5.95. The van der Waals surface area contributed by atoms with Gasteiger partial charge in [-0.15, -0.1) is 0 Å². The van der Waals surface area contributed by atoms with Crippen LogP contribution in [-0.2, 0) is 9.59 Å². The normalized spacial score (nSPS) is 13.7. The Morgan fingerprint density at radius 1 is 1.00 bits per heavy atom. The number of carbonyl (C=O) groups is 3. The van der Waals surface area contributed by atoms with Crippen LogP contribution < -0.4 is 25.8 Å². The van der Waals surface area contributed by atoms with E-state index in [1.165, 1.54) is 0 Å². The highest BCUT2D eigenvalue weighted by molar-refractivity contribution is 5.94. The molecular weight excluding hydrogens is 460 g/mol. The van der Waals surface area contributed by atoms with Gasteiger partial charge < -0.3 is 25.8 Å². The smallest absolute Gasteiger partial charge is 0.248 e. The molecule has 0 aliphatic carbocycles. The molecule has 0 saturated heterocycles. The fraction of sp³-hybridized carbons (Fsp3) is 0.444. The first-order valence-electron chi connectivity index (χ1n) is 12.4. The summed E-state index contributed by atoms with van der Waals surface area (Å²) in [4.78, 5) is 38.4. The molecule has 0 fully saturated rings. The molecule has 3 amide bonds. The fourth-order valence-electron chi connectivity index (χ4n) is 3.98. The van der Waals surface area contributed by atoms with Gasteiger partial charge in [-0.2, -0.15) is 0 Å². The molecular formula is C27H36N4O5. The Labute approximate surface area is 212 Å². The lowest BCUT2D eigenvalue weighted by atomic mass is 9.95. The van der Waals surface area contributed by atoms with E-state index >= 15 is 0 Å². The van der Waals surface area contributed by atoms with E-state index in [0.717, 1.165) is 17.7 Å². The van der Waals surface area contributed by atoms with Crippen LogP contribution in [0.1, 0.15) is 55.6 Å². The number of nitrogens with one attached hydrogen (secondary N) is 2. The second kappa shape index (κ2) is 12.9. The van der Waals surface area contributed by atoms with Gasteiger partial charge in [0.2, 0.25) is 17.7 Å². The number of benzene rings is 2. The van der Waals surface area contributed by atoms with Gasteiger partial charge in [0, 0.05) is 30.6 Å². The van der Waals surface area contributed by atoms with Crippen molar-refractivity contribution in [1.82, 2.24) is 10.2 Å². The standard InChI is InChI=1S/C27H36N4O5/c1-4-31(13-12-24(32)29-21-9-6-19(7-10-21)27(28)34)17-25(33)30-26(18(2)3)20-8-11-22-23(16-20)36-15-5-14-35-22/h6-11,16,18,26H,4-5,12-15,17H2,1-3H3,(H2,28,34)(H,29,32)(H,30,33)/t26-/m1/s1. The van der Waals surface area contributed by atoms with E-state index in [4.69, 9.17) is 15.2 Å². The average Bonchev–Trinajstić information content (AvgIpc) is 3.10. The van der Waals surface area contributed by atoms with Crippen LogP contribution in [0.5, 0.6) is 11.5 Å². The number of nitrogens with two attached hydrogens (primary N) is 1. The monoisotopic (exact) mass is 496 g/mol. The lowest BCUT2D eigenvalue weighted by molar-refractivity contribution is -0.124. The second-order valence-corrected chi connectivity index (χ2v) is 9.15. The van der Waals surface area contributed by atoms with E-state index in [1.807, 2.05) is 30.0 Å². The highest BCUT2D eigenvalue weighted by Crippen LogP contribution is 2.34. The van der Waals surface area contributed by atoms with Gasteiger partial charge in [0.25, 0.3) is 0 Å². The molecule has 2 aromatic carbocycles. The van der Waals surface area contributed by atoms with Gasteiger partial charge in [0.15, 0.2) is 11.5 Å². The molecule has 0 bridgehead atoms. The minimum Gasteiger partial charge on any atom is -0.490 e. The van der Waals surface area contributed by atoms with Crippen molar-refractivity contribution >= 4 is 23.4 Å². The summed E-state index contributed by atoms with van der Waals surface area (Å²) in [6.45, 7) is 8.56. The van der Waals surface area contributed by atoms with Gasteiger partial charge >= 0.3 is 0 Å². The van der Waals surface area contributed by atoms with Gasteiger partial charge in [-0.3, -0.25) is 19.3 Å². The second-order valence-electron chi connectivity index (χ2n) is 9.15. The minimum atomic E-state index is -0.520. The lowest BCUT2D eigenvalue weighted by Gasteiger charge is -2.26. The average molecular weight is 497 g/mol. The van der Waals surface area contributed by atoms with Gasteiger partial charge in [-0.1, -0.05) is 26.8 Å². The highest BCUT2D eigenvalue weighted by Gasteiger charge is 2.22. The number of nitrogens with zero attached hydrogens (tertiary/aromatic N) is 1. The SMILES string of the molecule is CCN(CCC(=O)Nc1ccc(C(N)=O)cc1)CC(=O)N[C@@H](c1ccc2c(c1)OCCCO2)C(C)C. The Morgan fingerprint density at radius 2 is 1.69 bits per heavy atom. The number of likely N-dealkylation sites (N-methyl/N-ethyl adjacent to an activating group) is 1. The first kappa shape index (κ1) is 27.0. The van der Waals surface area contributed by atoms with E-state index in [1.54, 1.807) is 24.3 Å². The molecule has 9 nitrogen and oxygen atoms in total. The van der Waals surface area contributed by atoms with Crippen molar-refractivity contribution in [3.8, 4) is 11.5 Å². The predicted molar refractivity (Wildman–Crippen MR) is 138 cm³/mol. The van der Waals surface area contributed by atoms with E-state index in [0.29, 0.717) is 43.3 Å². The Kier molecular flexibility index (Phi) is 9.69. The van der Waals surface area contributed by atoms with Crippen molar-refractivity contribution < 1.29 is 23.9 Å². The summed E-state index contributed by atoms with van der Waals surface area (Å²) in [6.07, 6.45) is 1.06. The van der Waals surface area contributed by atoms with Crippen LogP contribution in [0.4, 0.5) is 5.69 Å². The zero-order valence-corrected chi connectivity index (χ0v) is 21.2. The Balaban J connectivity index is 1.53. The number of primary amides is 1. The highest BCUT2D eigenvalue weighted by atomic mass is 16.5. The van der Waals surface area contributed by atoms with Crippen molar-refractivity contribution in [2.75, 3.05) is 38.2 Å². The van der Waals surface area contributed by atoms with E-state index in [9.17, 15) is 14.4 Å². The third kappa shape index (κ3) is 7.71. The van der Waals surface area contributed by atoms with Crippen LogP contribution in [-0.4, -0.2) is 55.5 Å². The lowest BCUT2D eigenvalue weighted by Crippen LogP contribution is -2.41. The fourth-order valence-corrected chi connectivity index (χ4v) is 3.98. The van der Waals surface area contributed by atoms with Crippen LogP contribution in [0.25, 0.3) is 0 Å². The number of ether oxygens (including phenoxy) is 2. The molecule has 9 heteroatoms. The van der Waals surface area contributed by atoms with E-state index < -0.39 is 5.91 Å². The number of rotatable bonds is 11. The third-order valence-electron chi connectivity index (χ3n) is 6.04. The van der Waals surface area contributed by atoms with Gasteiger partial charge in [-0.05, 0) is 54.4 Å². The summed E-state index contributed by atoms with van der Waals surface area (Å²) in [5.41, 5.74) is 7.16. The zero-order chi connectivity index (χ0) is 26.1. The molecule has 0 radical (unpaired) electrons. The number of carbonyl (C=O) groups excluding carboxylic acids is 3. The van der Waals surface area contributed by atoms with Crippen LogP contribution in [0, 0.1) is 5.92 Å². The summed E-state index contributed by atoms with van der Waals surface area (Å²) in [5.74, 6) is 0.798. The van der Waals surface area contributed by atoms with Crippen molar-refractivity contribution in [2.45, 2.75) is 39.7 Å². The summed E-state index contributed by atoms with van der Waals surface area (Å²) in [7, 11) is 0. The first-order chi connectivity index (χ1) is 17.3. The van der Waals surface area contributed by atoms with Crippen LogP contribution >= 0.6 is 0 Å². The molecule has 36 heavy (non-hydrogen) atoms. The maximum atomic E-state index is 12.9. The van der Waals surface area contributed by atoms with Crippen LogP contribution in [0.2, 0.25) is 0 Å². The van der Waals surface area contributed by atoms with E-state index in [-0.39, 0.29) is 36.7 Å². The molecule has 1 aliphatic heterocycles. The Morgan fingerprint density at radius 3 is 2.33 bits per heavy atom. The molecule has 1 heterocycles. The molecule has 0 spiro atoms. The van der Waals surface area contributed by atoms with Gasteiger partial charge in [-0.25, -0.2) is 0 Å². The van der Waals surface area contributed by atoms with Crippen molar-refractivity contribution in [3.05, 3.63) is 53.6 Å². The minimum absolute atomic E-state index is 0.106. The molecule has 3 rings (SSSR count). The Hall–Kier alpha value is -3.59. The predicted octanol–water partition coefficient (Wildman–Crippen LogP) is 3.11. The molecule has 0 aromatic heterocycles. The topological polar surface area (TPSA) is 123 Å². The Bertz CT molecular complexity index is 1050. The molecule has 194 valence electrons. The van der Waals surface area contributed by atoms with Crippen LogP contribution in [0.15, 0.2) is 42.5 Å². The van der Waals surface area contributed by atoms with Gasteiger partial charge in [0.1, 0.15) is 0 Å². The van der Waals surface area contributed by atoms with Crippen molar-refractivity contribution in [2.24, 2.45) is 11.7 Å². The van der Waals surface area contributed by atoms with Crippen LogP contribution in [0.3, 0.4) is 0 Å². The summed E-state index contributed by atoms with van der Waals surface area (Å²) >= 11 is 0. The number of amides is 3. The van der Waals surface area contributed by atoms with Gasteiger partial charge in [0.05, 0.1) is 25.8 Å². The quantitative estimate of drug-likeness (QED) is 0.439. The maximum Gasteiger partial charge on any atom is 0.248 e. The molecule has 4 N–H and O–H groups in total. The molecule has 2 aromatic rings. The van der Waals surface area contributed by atoms with Crippen molar-refractivity contribution in [3.63, 3.8) is 0 Å². The molecule has 0 saturated carbocycles. The number of fused-ring (bicyclic) bond motifs is 1. The molecule has 1 aliphatic rings. The largest absolute Gasteiger partial charge is 0.490 e. The van der Waals surface area contributed by atoms with Crippen molar-refractivity contribution in [1.29, 1.82) is 0 Å². The molecule has 0 unspecified atom stereocenters. The number of hydrogen-bond acceptors (Lipinski definition) is 6. The van der Waals surface area contributed by atoms with E-state index in [2.05, 4.69) is 24.5 Å². The maximum absolute atomic E-state index is 12.9. The molecule has 1 atom stereocenters. The number of anilines is 1. The zero-order valence-electron chi connectivity index (χ0n) is 21.2. The summed E-state index contributed by atoms with van der Waals surface area (Å²) in [6, 6.07) is 12.0. The summed E-state index contributed by atoms with van der Waals surface area (Å²) < 4.78 is 11.5. The first-order valence-corrected chi connectivity index (χ1v) is 12.4.